The smallest absolute Gasteiger partial charge is 0.240 e. The van der Waals surface area contributed by atoms with Crippen LogP contribution in [0.4, 0.5) is 0 Å². The molecule has 0 aromatic heterocycles. The quantitative estimate of drug-likeness (QED) is 0.701. The molecule has 3 N–H and O–H groups in total. The number of nitrogens with one attached hydrogen (secondary N) is 1. The van der Waals surface area contributed by atoms with Crippen LogP contribution in [0.3, 0.4) is 0 Å². The van der Waals surface area contributed by atoms with Crippen molar-refractivity contribution in [3.05, 3.63) is 24.3 Å². The lowest BCUT2D eigenvalue weighted by Gasteiger charge is -2.14. The van der Waals surface area contributed by atoms with Crippen LogP contribution >= 0.6 is 0 Å². The van der Waals surface area contributed by atoms with Gasteiger partial charge >= 0.3 is 0 Å². The number of hydrogen-bond donors (Lipinski definition) is 2. The molecule has 0 aliphatic heterocycles. The van der Waals surface area contributed by atoms with Crippen LogP contribution in [0.5, 0.6) is 5.75 Å². The third-order valence-electron chi connectivity index (χ3n) is 2.63. The molecule has 0 spiro atoms. The average molecular weight is 302 g/mol. The van der Waals surface area contributed by atoms with E-state index in [4.69, 9.17) is 15.2 Å². The molecule has 0 heterocycles. The van der Waals surface area contributed by atoms with Gasteiger partial charge < -0.3 is 15.2 Å². The molecule has 0 radical (unpaired) electrons. The molecule has 1 rings (SSSR count). The van der Waals surface area contributed by atoms with Gasteiger partial charge in [-0.25, -0.2) is 13.1 Å². The van der Waals surface area contributed by atoms with Crippen LogP contribution in [0.15, 0.2) is 29.2 Å². The second kappa shape index (κ2) is 8.21. The minimum atomic E-state index is -3.51. The van der Waals surface area contributed by atoms with Crippen molar-refractivity contribution >= 4 is 10.0 Å². The zero-order chi connectivity index (χ0) is 15.0. The van der Waals surface area contributed by atoms with E-state index in [9.17, 15) is 8.42 Å². The lowest BCUT2D eigenvalue weighted by Crippen LogP contribution is -2.33. The van der Waals surface area contributed by atoms with Gasteiger partial charge in [0.2, 0.25) is 10.0 Å². The number of hydrogen-bond acceptors (Lipinski definition) is 5. The molecule has 7 heteroatoms. The van der Waals surface area contributed by atoms with Crippen molar-refractivity contribution in [3.63, 3.8) is 0 Å². The van der Waals surface area contributed by atoms with Crippen LogP contribution in [0.1, 0.15) is 13.3 Å². The summed E-state index contributed by atoms with van der Waals surface area (Å²) in [5.74, 6) is 0.599. The molecule has 0 saturated heterocycles. The highest BCUT2D eigenvalue weighted by Crippen LogP contribution is 2.16. The summed E-state index contributed by atoms with van der Waals surface area (Å²) in [6.45, 7) is 3.13. The van der Waals surface area contributed by atoms with Gasteiger partial charge in [0.15, 0.2) is 0 Å². The van der Waals surface area contributed by atoms with Gasteiger partial charge in [0.05, 0.1) is 4.90 Å². The molecular formula is C13H22N2O4S. The Morgan fingerprint density at radius 3 is 2.45 bits per heavy atom. The Labute approximate surface area is 120 Å². The van der Waals surface area contributed by atoms with E-state index in [1.807, 2.05) is 0 Å². The third-order valence-corrected chi connectivity index (χ3v) is 4.24. The number of benzene rings is 1. The van der Waals surface area contributed by atoms with Crippen LogP contribution in [-0.2, 0) is 14.8 Å². The van der Waals surface area contributed by atoms with E-state index >= 15 is 0 Å². The lowest BCUT2D eigenvalue weighted by atomic mass is 10.3. The Balaban J connectivity index is 2.67. The van der Waals surface area contributed by atoms with Crippen molar-refractivity contribution in [1.82, 2.24) is 4.72 Å². The Morgan fingerprint density at radius 2 is 1.90 bits per heavy atom. The van der Waals surface area contributed by atoms with Gasteiger partial charge in [0.25, 0.3) is 0 Å². The molecule has 0 bridgehead atoms. The second-order valence-electron chi connectivity index (χ2n) is 4.41. The highest BCUT2D eigenvalue weighted by molar-refractivity contribution is 7.89. The van der Waals surface area contributed by atoms with Crippen LogP contribution in [0, 0.1) is 0 Å². The van der Waals surface area contributed by atoms with Gasteiger partial charge in [-0.1, -0.05) is 0 Å². The van der Waals surface area contributed by atoms with E-state index in [0.29, 0.717) is 31.9 Å². The molecule has 20 heavy (non-hydrogen) atoms. The first kappa shape index (κ1) is 16.9. The fourth-order valence-electron chi connectivity index (χ4n) is 1.58. The summed E-state index contributed by atoms with van der Waals surface area (Å²) in [7, 11) is -1.93. The minimum absolute atomic E-state index is 0.187. The number of ether oxygens (including phenoxy) is 2. The number of sulfonamides is 1. The van der Waals surface area contributed by atoms with Crippen molar-refractivity contribution in [2.75, 3.05) is 26.9 Å². The van der Waals surface area contributed by atoms with Crippen molar-refractivity contribution in [2.45, 2.75) is 24.3 Å². The molecule has 0 aliphatic rings. The number of nitrogens with two attached hydrogens (primary N) is 1. The van der Waals surface area contributed by atoms with Gasteiger partial charge in [0, 0.05) is 26.3 Å². The lowest BCUT2D eigenvalue weighted by molar-refractivity contribution is 0.188. The van der Waals surface area contributed by atoms with E-state index < -0.39 is 10.0 Å². The van der Waals surface area contributed by atoms with Crippen molar-refractivity contribution < 1.29 is 17.9 Å². The fourth-order valence-corrected chi connectivity index (χ4v) is 2.86. The maximum atomic E-state index is 12.1. The van der Waals surface area contributed by atoms with Gasteiger partial charge in [-0.05, 0) is 37.6 Å². The topological polar surface area (TPSA) is 90.6 Å². The molecular weight excluding hydrogens is 280 g/mol. The molecule has 1 aromatic rings. The summed E-state index contributed by atoms with van der Waals surface area (Å²) in [5.41, 5.74) is 5.33. The van der Waals surface area contributed by atoms with Crippen molar-refractivity contribution in [3.8, 4) is 5.75 Å². The summed E-state index contributed by atoms with van der Waals surface area (Å²) in [5, 5.41) is 0. The van der Waals surface area contributed by atoms with E-state index in [2.05, 4.69) is 4.72 Å². The fraction of sp³-hybridized carbons (Fsp3) is 0.538. The molecule has 114 valence electrons. The Bertz CT molecular complexity index is 488. The van der Waals surface area contributed by atoms with Gasteiger partial charge in [-0.15, -0.1) is 0 Å². The third kappa shape index (κ3) is 5.46. The predicted molar refractivity (Wildman–Crippen MR) is 77.3 cm³/mol. The summed E-state index contributed by atoms with van der Waals surface area (Å²) < 4.78 is 37.1. The predicted octanol–water partition coefficient (Wildman–Crippen LogP) is 0.727. The molecule has 1 unspecified atom stereocenters. The Morgan fingerprint density at radius 1 is 1.25 bits per heavy atom. The molecule has 0 amide bonds. The summed E-state index contributed by atoms with van der Waals surface area (Å²) in [6, 6.07) is 6.07. The molecule has 1 aromatic carbocycles. The van der Waals surface area contributed by atoms with E-state index in [0.717, 1.165) is 0 Å². The first-order valence-electron chi connectivity index (χ1n) is 6.44. The molecule has 0 fully saturated rings. The summed E-state index contributed by atoms with van der Waals surface area (Å²) in [4.78, 5) is 0.210. The van der Waals surface area contributed by atoms with E-state index in [-0.39, 0.29) is 10.9 Å². The van der Waals surface area contributed by atoms with Gasteiger partial charge in [0.1, 0.15) is 12.4 Å². The SMILES string of the molecule is COCCC(C)NS(=O)(=O)c1ccc(OCCN)cc1. The summed E-state index contributed by atoms with van der Waals surface area (Å²) in [6.07, 6.45) is 0.618. The first-order chi connectivity index (χ1) is 9.49. The monoisotopic (exact) mass is 302 g/mol. The standard InChI is InChI=1S/C13H22N2O4S/c1-11(7-9-18-2)15-20(16,17)13-5-3-12(4-6-13)19-10-8-14/h3-6,11,15H,7-10,14H2,1-2H3. The first-order valence-corrected chi connectivity index (χ1v) is 7.92. The zero-order valence-corrected chi connectivity index (χ0v) is 12.7. The minimum Gasteiger partial charge on any atom is -0.492 e. The van der Waals surface area contributed by atoms with Crippen LogP contribution < -0.4 is 15.2 Å². The maximum absolute atomic E-state index is 12.1. The Hall–Kier alpha value is -1.15. The molecule has 6 nitrogen and oxygen atoms in total. The van der Waals surface area contributed by atoms with Crippen LogP contribution in [-0.4, -0.2) is 41.3 Å². The second-order valence-corrected chi connectivity index (χ2v) is 6.13. The highest BCUT2D eigenvalue weighted by Gasteiger charge is 2.17. The van der Waals surface area contributed by atoms with E-state index in [1.165, 1.54) is 12.1 Å². The van der Waals surface area contributed by atoms with Crippen molar-refractivity contribution in [1.29, 1.82) is 0 Å². The van der Waals surface area contributed by atoms with Crippen molar-refractivity contribution in [2.24, 2.45) is 5.73 Å². The highest BCUT2D eigenvalue weighted by atomic mass is 32.2. The maximum Gasteiger partial charge on any atom is 0.240 e. The molecule has 0 aliphatic carbocycles. The van der Waals surface area contributed by atoms with Crippen LogP contribution in [0.25, 0.3) is 0 Å². The number of methoxy groups -OCH3 is 1. The largest absolute Gasteiger partial charge is 0.492 e. The van der Waals surface area contributed by atoms with Crippen LogP contribution in [0.2, 0.25) is 0 Å². The summed E-state index contributed by atoms with van der Waals surface area (Å²) >= 11 is 0. The van der Waals surface area contributed by atoms with Gasteiger partial charge in [-0.2, -0.15) is 0 Å². The average Bonchev–Trinajstić information content (AvgIpc) is 2.43. The normalized spacial score (nSPS) is 13.2. The zero-order valence-electron chi connectivity index (χ0n) is 11.8. The van der Waals surface area contributed by atoms with Gasteiger partial charge in [-0.3, -0.25) is 0 Å². The number of rotatable bonds is 9. The van der Waals surface area contributed by atoms with E-state index in [1.54, 1.807) is 26.2 Å². The molecule has 0 saturated carbocycles. The molecule has 1 atom stereocenters. The Kier molecular flexibility index (Phi) is 6.94.